The van der Waals surface area contributed by atoms with Gasteiger partial charge in [0.2, 0.25) is 5.91 Å². The number of rotatable bonds is 8. The highest BCUT2D eigenvalue weighted by molar-refractivity contribution is 5.95. The van der Waals surface area contributed by atoms with Gasteiger partial charge in [-0.1, -0.05) is 39.8 Å². The maximum atomic E-state index is 13.0. The molecule has 0 aliphatic heterocycles. The van der Waals surface area contributed by atoms with Gasteiger partial charge in [-0.05, 0) is 41.7 Å². The Hall–Kier alpha value is -3.69. The molecule has 2 N–H and O–H groups in total. The average Bonchev–Trinajstić information content (AvgIpc) is 3.22. The normalized spacial score (nSPS) is 11.7. The van der Waals surface area contributed by atoms with Gasteiger partial charge in [-0.15, -0.1) is 0 Å². The fraction of sp³-hybridized carbons (Fsp3) is 0.360. The van der Waals surface area contributed by atoms with Crippen LogP contribution in [0, 0.1) is 5.92 Å². The Kier molecular flexibility index (Phi) is 7.93. The number of alkyl halides is 3. The molecule has 186 valence electrons. The fourth-order valence-electron chi connectivity index (χ4n) is 3.57. The van der Waals surface area contributed by atoms with Crippen molar-refractivity contribution in [1.29, 1.82) is 0 Å². The molecule has 7 nitrogen and oxygen atoms in total. The largest absolute Gasteiger partial charge is 0.417 e. The first-order valence-corrected chi connectivity index (χ1v) is 11.2. The highest BCUT2D eigenvalue weighted by atomic mass is 19.4. The van der Waals surface area contributed by atoms with Crippen molar-refractivity contribution in [3.63, 3.8) is 0 Å². The van der Waals surface area contributed by atoms with E-state index >= 15 is 0 Å². The Morgan fingerprint density at radius 1 is 1.06 bits per heavy atom. The van der Waals surface area contributed by atoms with Gasteiger partial charge in [0.25, 0.3) is 5.91 Å². The van der Waals surface area contributed by atoms with E-state index < -0.39 is 11.7 Å². The van der Waals surface area contributed by atoms with Crippen LogP contribution in [0.3, 0.4) is 0 Å². The quantitative estimate of drug-likeness (QED) is 0.450. The average molecular weight is 488 g/mol. The third kappa shape index (κ3) is 6.68. The number of pyridine rings is 1. The van der Waals surface area contributed by atoms with Crippen LogP contribution < -0.4 is 10.6 Å². The number of aromatic nitrogens is 3. The lowest BCUT2D eigenvalue weighted by Gasteiger charge is -2.13. The molecule has 10 heteroatoms. The number of nitrogens with one attached hydrogen (secondary N) is 2. The molecule has 2 amide bonds. The van der Waals surface area contributed by atoms with E-state index in [1.165, 1.54) is 16.9 Å². The van der Waals surface area contributed by atoms with Gasteiger partial charge in [0, 0.05) is 24.8 Å². The number of hydrogen-bond acceptors (Lipinski definition) is 4. The van der Waals surface area contributed by atoms with E-state index in [0.29, 0.717) is 23.4 Å². The lowest BCUT2D eigenvalue weighted by atomic mass is 10.1. The van der Waals surface area contributed by atoms with Crippen LogP contribution in [0.15, 0.2) is 48.8 Å². The Balaban J connectivity index is 1.74. The van der Waals surface area contributed by atoms with Crippen molar-refractivity contribution < 1.29 is 22.8 Å². The summed E-state index contributed by atoms with van der Waals surface area (Å²) in [5, 5.41) is 9.90. The van der Waals surface area contributed by atoms with Gasteiger partial charge in [0.1, 0.15) is 0 Å². The molecule has 0 bridgehead atoms. The first-order valence-electron chi connectivity index (χ1n) is 11.2. The highest BCUT2D eigenvalue weighted by Crippen LogP contribution is 2.29. The molecule has 1 aromatic carbocycles. The van der Waals surface area contributed by atoms with Crippen molar-refractivity contribution in [2.45, 2.75) is 52.8 Å². The molecule has 0 radical (unpaired) electrons. The second-order valence-corrected chi connectivity index (χ2v) is 8.94. The van der Waals surface area contributed by atoms with E-state index in [9.17, 15) is 22.8 Å². The smallest absolute Gasteiger partial charge is 0.348 e. The van der Waals surface area contributed by atoms with Gasteiger partial charge in [-0.3, -0.25) is 9.59 Å². The molecule has 0 aliphatic carbocycles. The number of nitrogens with zero attached hydrogens (tertiary/aromatic N) is 3. The van der Waals surface area contributed by atoms with E-state index in [-0.39, 0.29) is 36.0 Å². The van der Waals surface area contributed by atoms with Crippen LogP contribution in [0.25, 0.3) is 5.82 Å². The maximum absolute atomic E-state index is 13.0. The fourth-order valence-corrected chi connectivity index (χ4v) is 3.57. The van der Waals surface area contributed by atoms with Crippen molar-refractivity contribution in [2.24, 2.45) is 5.92 Å². The minimum atomic E-state index is -4.49. The summed E-state index contributed by atoms with van der Waals surface area (Å²) < 4.78 is 40.0. The predicted octanol–water partition coefficient (Wildman–Crippen LogP) is 5.32. The van der Waals surface area contributed by atoms with Crippen molar-refractivity contribution in [1.82, 2.24) is 20.1 Å². The van der Waals surface area contributed by atoms with Gasteiger partial charge >= 0.3 is 6.18 Å². The molecule has 2 heterocycles. The second-order valence-electron chi connectivity index (χ2n) is 8.94. The molecule has 0 saturated heterocycles. The summed E-state index contributed by atoms with van der Waals surface area (Å²) in [6, 6.07) is 9.35. The Bertz CT molecular complexity index is 1180. The SMILES string of the molecule is CC(C)CC(=O)Nc1cccc(CNC(=O)c2cnn(-c3ccc(C(F)(F)F)cn3)c2C(C)C)c1. The monoisotopic (exact) mass is 487 g/mol. The Morgan fingerprint density at radius 2 is 1.80 bits per heavy atom. The number of anilines is 1. The van der Waals surface area contributed by atoms with Crippen LogP contribution in [0.1, 0.15) is 67.2 Å². The summed E-state index contributed by atoms with van der Waals surface area (Å²) in [7, 11) is 0. The number of amides is 2. The van der Waals surface area contributed by atoms with Crippen molar-refractivity contribution in [3.8, 4) is 5.82 Å². The third-order valence-corrected chi connectivity index (χ3v) is 5.15. The van der Waals surface area contributed by atoms with Crippen LogP contribution in [-0.2, 0) is 17.5 Å². The van der Waals surface area contributed by atoms with E-state index in [4.69, 9.17) is 0 Å². The standard InChI is InChI=1S/C25H28F3N5O2/c1-15(2)10-22(34)32-19-7-5-6-17(11-19)12-30-24(35)20-14-31-33(23(20)16(3)4)21-9-8-18(13-29-21)25(26,27)28/h5-9,11,13-16H,10,12H2,1-4H3,(H,30,35)(H,32,34). The van der Waals surface area contributed by atoms with Gasteiger partial charge in [-0.25, -0.2) is 9.67 Å². The molecule has 2 aromatic heterocycles. The van der Waals surface area contributed by atoms with Gasteiger partial charge in [-0.2, -0.15) is 18.3 Å². The number of halogens is 3. The second kappa shape index (κ2) is 10.7. The van der Waals surface area contributed by atoms with Crippen molar-refractivity contribution in [3.05, 3.63) is 71.2 Å². The molecule has 35 heavy (non-hydrogen) atoms. The van der Waals surface area contributed by atoms with Crippen LogP contribution in [0.4, 0.5) is 18.9 Å². The van der Waals surface area contributed by atoms with E-state index in [1.54, 1.807) is 18.2 Å². The van der Waals surface area contributed by atoms with Crippen LogP contribution in [0.2, 0.25) is 0 Å². The zero-order chi connectivity index (χ0) is 25.8. The van der Waals surface area contributed by atoms with Gasteiger partial charge < -0.3 is 10.6 Å². The summed E-state index contributed by atoms with van der Waals surface area (Å²) in [5.41, 5.74) is 1.42. The minimum absolute atomic E-state index is 0.0768. The molecule has 0 aliphatic rings. The van der Waals surface area contributed by atoms with E-state index in [1.807, 2.05) is 33.8 Å². The van der Waals surface area contributed by atoms with E-state index in [0.717, 1.165) is 17.8 Å². The summed E-state index contributed by atoms with van der Waals surface area (Å²) in [5.74, 6) is -0.174. The molecular weight excluding hydrogens is 459 g/mol. The number of hydrogen-bond donors (Lipinski definition) is 2. The molecule has 3 aromatic rings. The summed E-state index contributed by atoms with van der Waals surface area (Å²) in [6.45, 7) is 7.86. The maximum Gasteiger partial charge on any atom is 0.417 e. The molecule has 3 rings (SSSR count). The Morgan fingerprint density at radius 3 is 2.40 bits per heavy atom. The zero-order valence-electron chi connectivity index (χ0n) is 20.0. The number of carbonyl (C=O) groups is 2. The highest BCUT2D eigenvalue weighted by Gasteiger charge is 2.31. The van der Waals surface area contributed by atoms with Crippen LogP contribution in [-0.4, -0.2) is 26.6 Å². The molecule has 0 unspecified atom stereocenters. The molecule has 0 fully saturated rings. The first kappa shape index (κ1) is 25.9. The topological polar surface area (TPSA) is 88.9 Å². The van der Waals surface area contributed by atoms with Crippen molar-refractivity contribution >= 4 is 17.5 Å². The summed E-state index contributed by atoms with van der Waals surface area (Å²) in [6.07, 6.45) is -1.95. The predicted molar refractivity (Wildman–Crippen MR) is 126 cm³/mol. The summed E-state index contributed by atoms with van der Waals surface area (Å²) >= 11 is 0. The van der Waals surface area contributed by atoms with Crippen LogP contribution >= 0.6 is 0 Å². The van der Waals surface area contributed by atoms with Crippen LogP contribution in [0.5, 0.6) is 0 Å². The van der Waals surface area contributed by atoms with Crippen molar-refractivity contribution in [2.75, 3.05) is 5.32 Å². The summed E-state index contributed by atoms with van der Waals surface area (Å²) in [4.78, 5) is 28.9. The molecule has 0 spiro atoms. The number of benzene rings is 1. The minimum Gasteiger partial charge on any atom is -0.348 e. The molecule has 0 saturated carbocycles. The van der Waals surface area contributed by atoms with E-state index in [2.05, 4.69) is 20.7 Å². The first-order chi connectivity index (χ1) is 16.5. The third-order valence-electron chi connectivity index (χ3n) is 5.15. The van der Waals surface area contributed by atoms with Gasteiger partial charge in [0.05, 0.1) is 23.0 Å². The Labute approximate surface area is 201 Å². The zero-order valence-corrected chi connectivity index (χ0v) is 20.0. The number of carbonyl (C=O) groups excluding carboxylic acids is 2. The lowest BCUT2D eigenvalue weighted by molar-refractivity contribution is -0.137. The molecule has 0 atom stereocenters. The lowest BCUT2D eigenvalue weighted by Crippen LogP contribution is -2.24. The molecular formula is C25H28F3N5O2. The van der Waals surface area contributed by atoms with Gasteiger partial charge in [0.15, 0.2) is 5.82 Å².